The van der Waals surface area contributed by atoms with Gasteiger partial charge in [0.15, 0.2) is 0 Å². The van der Waals surface area contributed by atoms with E-state index in [1.54, 1.807) is 19.2 Å². The molecule has 0 N–H and O–H groups in total. The highest BCUT2D eigenvalue weighted by Crippen LogP contribution is 2.33. The second-order valence-electron chi connectivity index (χ2n) is 9.56. The Hall–Kier alpha value is -2.63. The molecule has 0 atom stereocenters. The summed E-state index contributed by atoms with van der Waals surface area (Å²) < 4.78 is 59.6. The van der Waals surface area contributed by atoms with Gasteiger partial charge in [0.05, 0.1) is 5.69 Å². The van der Waals surface area contributed by atoms with Crippen LogP contribution in [0.5, 0.6) is 0 Å². The maximum absolute atomic E-state index is 13.9. The van der Waals surface area contributed by atoms with Gasteiger partial charge in [0.1, 0.15) is 17.3 Å². The summed E-state index contributed by atoms with van der Waals surface area (Å²) in [5, 5.41) is 0. The number of hydrogen-bond donors (Lipinski definition) is 0. The van der Waals surface area contributed by atoms with E-state index in [1.807, 2.05) is 0 Å². The molecule has 2 saturated heterocycles. The molecule has 2 aliphatic rings. The SMILES string of the molecule is CCC(=O)N(CC1(N2CCN(CCc3ncccc3F)CC2)CCOCC1)c1cccc(C(F)(F)F)n1. The van der Waals surface area contributed by atoms with Crippen molar-refractivity contribution >= 4 is 11.7 Å². The van der Waals surface area contributed by atoms with Gasteiger partial charge in [-0.25, -0.2) is 9.37 Å². The number of carbonyl (C=O) groups is 1. The first-order chi connectivity index (χ1) is 17.7. The zero-order chi connectivity index (χ0) is 26.5. The Morgan fingerprint density at radius 3 is 2.49 bits per heavy atom. The average Bonchev–Trinajstić information content (AvgIpc) is 2.91. The monoisotopic (exact) mass is 523 g/mol. The van der Waals surface area contributed by atoms with E-state index < -0.39 is 17.4 Å². The summed E-state index contributed by atoms with van der Waals surface area (Å²) in [5.41, 5.74) is -0.996. The first-order valence-electron chi connectivity index (χ1n) is 12.7. The van der Waals surface area contributed by atoms with Crippen molar-refractivity contribution in [2.75, 3.05) is 57.4 Å². The highest BCUT2D eigenvalue weighted by atomic mass is 19.4. The minimum absolute atomic E-state index is 0.0172. The number of alkyl halides is 3. The highest BCUT2D eigenvalue weighted by Gasteiger charge is 2.43. The molecule has 2 aliphatic heterocycles. The lowest BCUT2D eigenvalue weighted by atomic mass is 9.86. The molecule has 7 nitrogen and oxygen atoms in total. The van der Waals surface area contributed by atoms with Crippen molar-refractivity contribution in [2.24, 2.45) is 0 Å². The molecule has 0 aliphatic carbocycles. The molecule has 11 heteroatoms. The van der Waals surface area contributed by atoms with E-state index in [-0.39, 0.29) is 30.5 Å². The van der Waals surface area contributed by atoms with Gasteiger partial charge in [0, 0.05) is 77.1 Å². The van der Waals surface area contributed by atoms with E-state index in [2.05, 4.69) is 19.8 Å². The van der Waals surface area contributed by atoms with Crippen molar-refractivity contribution in [2.45, 2.75) is 44.3 Å². The van der Waals surface area contributed by atoms with Crippen molar-refractivity contribution in [1.29, 1.82) is 0 Å². The zero-order valence-corrected chi connectivity index (χ0v) is 21.0. The lowest BCUT2D eigenvalue weighted by molar-refractivity contribution is -0.141. The van der Waals surface area contributed by atoms with Crippen LogP contribution in [0, 0.1) is 5.82 Å². The van der Waals surface area contributed by atoms with Crippen LogP contribution in [0.4, 0.5) is 23.4 Å². The molecule has 0 radical (unpaired) electrons. The minimum atomic E-state index is -4.60. The van der Waals surface area contributed by atoms with Gasteiger partial charge in [-0.05, 0) is 37.1 Å². The molecule has 4 rings (SSSR count). The standard InChI is InChI=1S/C26H33F4N5O2/c1-2-24(36)35(23-7-3-6-22(32-23)26(28,29)30)19-25(9-17-37-18-10-25)34-15-13-33(14-16-34)12-8-21-20(27)5-4-11-31-21/h3-7,11H,2,8-10,12-19H2,1H3. The Balaban J connectivity index is 1.48. The number of nitrogens with zero attached hydrogens (tertiary/aromatic N) is 5. The Morgan fingerprint density at radius 2 is 1.84 bits per heavy atom. The number of carbonyl (C=O) groups excluding carboxylic acids is 1. The van der Waals surface area contributed by atoms with Crippen molar-refractivity contribution in [3.8, 4) is 0 Å². The lowest BCUT2D eigenvalue weighted by Gasteiger charge is -2.51. The number of aromatic nitrogens is 2. The number of amides is 1. The molecule has 0 aromatic carbocycles. The third-order valence-electron chi connectivity index (χ3n) is 7.32. The smallest absolute Gasteiger partial charge is 0.381 e. The van der Waals surface area contributed by atoms with Crippen LogP contribution in [0.2, 0.25) is 0 Å². The van der Waals surface area contributed by atoms with Gasteiger partial charge in [-0.2, -0.15) is 13.2 Å². The Labute approximate surface area is 214 Å². The van der Waals surface area contributed by atoms with Gasteiger partial charge in [-0.15, -0.1) is 0 Å². The second kappa shape index (κ2) is 11.8. The topological polar surface area (TPSA) is 61.8 Å². The van der Waals surface area contributed by atoms with Crippen LogP contribution < -0.4 is 4.90 Å². The second-order valence-corrected chi connectivity index (χ2v) is 9.56. The molecule has 2 fully saturated rings. The molecule has 202 valence electrons. The number of piperazine rings is 1. The molecule has 37 heavy (non-hydrogen) atoms. The zero-order valence-electron chi connectivity index (χ0n) is 21.0. The molecule has 0 saturated carbocycles. The molecule has 2 aromatic rings. The van der Waals surface area contributed by atoms with Crippen LogP contribution in [0.15, 0.2) is 36.5 Å². The van der Waals surface area contributed by atoms with Crippen molar-refractivity contribution < 1.29 is 27.1 Å². The first kappa shape index (κ1) is 27.4. The number of rotatable bonds is 8. The van der Waals surface area contributed by atoms with E-state index in [1.165, 1.54) is 23.1 Å². The summed E-state index contributed by atoms with van der Waals surface area (Å²) in [5.74, 6) is -0.552. The Bertz CT molecular complexity index is 1050. The highest BCUT2D eigenvalue weighted by molar-refractivity contribution is 5.92. The fourth-order valence-corrected chi connectivity index (χ4v) is 5.15. The third kappa shape index (κ3) is 6.63. The van der Waals surface area contributed by atoms with Gasteiger partial charge < -0.3 is 9.64 Å². The maximum Gasteiger partial charge on any atom is 0.433 e. The predicted octanol–water partition coefficient (Wildman–Crippen LogP) is 3.79. The quantitative estimate of drug-likeness (QED) is 0.491. The third-order valence-corrected chi connectivity index (χ3v) is 7.32. The molecule has 0 unspecified atom stereocenters. The normalized spacial score (nSPS) is 19.1. The van der Waals surface area contributed by atoms with Crippen molar-refractivity contribution in [1.82, 2.24) is 19.8 Å². The van der Waals surface area contributed by atoms with E-state index in [0.29, 0.717) is 44.7 Å². The number of ether oxygens (including phenoxy) is 1. The number of hydrogen-bond acceptors (Lipinski definition) is 6. The number of pyridine rings is 2. The van der Waals surface area contributed by atoms with Gasteiger partial charge >= 0.3 is 6.18 Å². The fraction of sp³-hybridized carbons (Fsp3) is 0.577. The van der Waals surface area contributed by atoms with Crippen LogP contribution in [0.1, 0.15) is 37.6 Å². The molecular weight excluding hydrogens is 490 g/mol. The molecule has 1 amide bonds. The van der Waals surface area contributed by atoms with Crippen LogP contribution >= 0.6 is 0 Å². The molecule has 4 heterocycles. The fourth-order valence-electron chi connectivity index (χ4n) is 5.15. The van der Waals surface area contributed by atoms with Gasteiger partial charge in [-0.1, -0.05) is 13.0 Å². The van der Waals surface area contributed by atoms with E-state index in [0.717, 1.165) is 32.2 Å². The largest absolute Gasteiger partial charge is 0.433 e. The molecule has 2 aromatic heterocycles. The molecule has 0 bridgehead atoms. The van der Waals surface area contributed by atoms with Crippen LogP contribution in [-0.4, -0.2) is 83.7 Å². The maximum atomic E-state index is 13.9. The average molecular weight is 524 g/mol. The number of anilines is 1. The molecule has 0 spiro atoms. The minimum Gasteiger partial charge on any atom is -0.381 e. The number of halogens is 4. The van der Waals surface area contributed by atoms with Crippen LogP contribution in [0.25, 0.3) is 0 Å². The summed E-state index contributed by atoms with van der Waals surface area (Å²) in [4.78, 5) is 26.9. The Morgan fingerprint density at radius 1 is 1.11 bits per heavy atom. The van der Waals surface area contributed by atoms with E-state index in [4.69, 9.17) is 4.74 Å². The predicted molar refractivity (Wildman–Crippen MR) is 131 cm³/mol. The van der Waals surface area contributed by atoms with Crippen LogP contribution in [0.3, 0.4) is 0 Å². The lowest BCUT2D eigenvalue weighted by Crippen LogP contribution is -2.63. The first-order valence-corrected chi connectivity index (χ1v) is 12.7. The van der Waals surface area contributed by atoms with Crippen LogP contribution in [-0.2, 0) is 22.1 Å². The van der Waals surface area contributed by atoms with E-state index in [9.17, 15) is 22.4 Å². The molecular formula is C26H33F4N5O2. The van der Waals surface area contributed by atoms with Gasteiger partial charge in [-0.3, -0.25) is 19.6 Å². The van der Waals surface area contributed by atoms with Crippen molar-refractivity contribution in [3.63, 3.8) is 0 Å². The summed E-state index contributed by atoms with van der Waals surface area (Å²) in [7, 11) is 0. The summed E-state index contributed by atoms with van der Waals surface area (Å²) in [6.07, 6.45) is -0.999. The summed E-state index contributed by atoms with van der Waals surface area (Å²) in [6.45, 7) is 6.66. The van der Waals surface area contributed by atoms with Crippen molar-refractivity contribution in [3.05, 3.63) is 53.7 Å². The summed E-state index contributed by atoms with van der Waals surface area (Å²) in [6, 6.07) is 6.66. The van der Waals surface area contributed by atoms with E-state index >= 15 is 0 Å². The Kier molecular flexibility index (Phi) is 8.76. The van der Waals surface area contributed by atoms with Gasteiger partial charge in [0.2, 0.25) is 5.91 Å². The van der Waals surface area contributed by atoms with Gasteiger partial charge in [0.25, 0.3) is 0 Å². The summed E-state index contributed by atoms with van der Waals surface area (Å²) >= 11 is 0.